The summed E-state index contributed by atoms with van der Waals surface area (Å²) in [5, 5.41) is 0. The van der Waals surface area contributed by atoms with Crippen molar-refractivity contribution in [3.8, 4) is 0 Å². The second-order valence-electron chi connectivity index (χ2n) is 2.17. The highest BCUT2D eigenvalue weighted by molar-refractivity contribution is 5.78. The molecule has 0 aliphatic carbocycles. The summed E-state index contributed by atoms with van der Waals surface area (Å²) in [6.07, 6.45) is 0. The van der Waals surface area contributed by atoms with Gasteiger partial charge >= 0.3 is 0 Å². The molecule has 0 unspecified atom stereocenters. The van der Waals surface area contributed by atoms with Crippen LogP contribution in [0.5, 0.6) is 0 Å². The maximum atomic E-state index is 9.91. The first-order valence-electron chi connectivity index (χ1n) is 3.38. The van der Waals surface area contributed by atoms with E-state index in [1.807, 2.05) is 0 Å². The van der Waals surface area contributed by atoms with Gasteiger partial charge in [-0.15, -0.1) is 0 Å². The second kappa shape index (κ2) is 9.68. The lowest BCUT2D eigenvalue weighted by Crippen LogP contribution is -1.91. The third kappa shape index (κ3) is 23.4. The molecule has 0 radical (unpaired) electrons. The van der Waals surface area contributed by atoms with Gasteiger partial charge in [0.05, 0.1) is 13.1 Å². The number of hydrogen-bond donors (Lipinski definition) is 0. The van der Waals surface area contributed by atoms with Crippen molar-refractivity contribution in [1.82, 2.24) is 0 Å². The van der Waals surface area contributed by atoms with Crippen molar-refractivity contribution in [2.24, 2.45) is 9.98 Å². The van der Waals surface area contributed by atoms with Crippen LogP contribution in [-0.2, 0) is 9.59 Å². The van der Waals surface area contributed by atoms with Crippen molar-refractivity contribution in [2.45, 2.75) is 13.8 Å². The van der Waals surface area contributed by atoms with Crippen LogP contribution < -0.4 is 0 Å². The van der Waals surface area contributed by atoms with Crippen LogP contribution in [0, 0.1) is 0 Å². The Morgan fingerprint density at radius 1 is 1.00 bits per heavy atom. The number of nitrogens with zero attached hydrogens (tertiary/aromatic N) is 2. The summed E-state index contributed by atoms with van der Waals surface area (Å²) in [6.45, 7) is 9.72. The molecule has 0 fully saturated rings. The van der Waals surface area contributed by atoms with Crippen LogP contribution in [0.1, 0.15) is 13.8 Å². The fraction of sp³-hybridized carbons (Fsp3) is 0.500. The van der Waals surface area contributed by atoms with Crippen molar-refractivity contribution in [3.63, 3.8) is 0 Å². The molecule has 4 nitrogen and oxygen atoms in total. The first-order valence-corrected chi connectivity index (χ1v) is 3.38. The lowest BCUT2D eigenvalue weighted by Gasteiger charge is -1.76. The summed E-state index contributed by atoms with van der Waals surface area (Å²) >= 11 is 0. The Balaban J connectivity index is 0. The standard InChI is InChI=1S/2C4H7NO/c2*1-4(6)3-5-2/h2*2-3H2,1H3. The van der Waals surface area contributed by atoms with Gasteiger partial charge in [0.1, 0.15) is 0 Å². The topological polar surface area (TPSA) is 58.9 Å². The molecule has 0 bridgehead atoms. The Morgan fingerprint density at radius 3 is 1.25 bits per heavy atom. The minimum Gasteiger partial charge on any atom is -0.298 e. The first kappa shape index (κ1) is 13.3. The summed E-state index contributed by atoms with van der Waals surface area (Å²) in [5.74, 6) is 0.120. The maximum absolute atomic E-state index is 9.91. The van der Waals surface area contributed by atoms with Crippen LogP contribution in [0.3, 0.4) is 0 Å². The Labute approximate surface area is 72.4 Å². The molecule has 0 aromatic rings. The predicted molar refractivity (Wildman–Crippen MR) is 50.2 cm³/mol. The number of carbonyl (C=O) groups excluding carboxylic acids is 2. The fourth-order valence-electron chi connectivity index (χ4n) is 0.315. The van der Waals surface area contributed by atoms with E-state index in [2.05, 4.69) is 23.4 Å². The van der Waals surface area contributed by atoms with Crippen LogP contribution in [0.4, 0.5) is 0 Å². The number of carbonyl (C=O) groups is 2. The molecule has 0 rings (SSSR count). The normalized spacial score (nSPS) is 7.50. The Morgan fingerprint density at radius 2 is 1.25 bits per heavy atom. The molecule has 0 atom stereocenters. The zero-order valence-corrected chi connectivity index (χ0v) is 7.54. The van der Waals surface area contributed by atoms with E-state index in [9.17, 15) is 9.59 Å². The van der Waals surface area contributed by atoms with Crippen molar-refractivity contribution in [1.29, 1.82) is 0 Å². The van der Waals surface area contributed by atoms with Gasteiger partial charge in [0, 0.05) is 0 Å². The van der Waals surface area contributed by atoms with E-state index in [1.165, 1.54) is 13.8 Å². The third-order valence-corrected chi connectivity index (χ3v) is 0.669. The van der Waals surface area contributed by atoms with E-state index in [1.54, 1.807) is 0 Å². The lowest BCUT2D eigenvalue weighted by molar-refractivity contribution is -0.116. The van der Waals surface area contributed by atoms with Gasteiger partial charge in [0.25, 0.3) is 0 Å². The maximum Gasteiger partial charge on any atom is 0.151 e. The lowest BCUT2D eigenvalue weighted by atomic mass is 10.5. The average Bonchev–Trinajstić information content (AvgIpc) is 1.87. The van der Waals surface area contributed by atoms with Crippen LogP contribution in [0.25, 0.3) is 0 Å². The van der Waals surface area contributed by atoms with E-state index in [4.69, 9.17) is 0 Å². The Hall–Kier alpha value is -1.32. The summed E-state index contributed by atoms with van der Waals surface area (Å²) in [6, 6.07) is 0. The number of rotatable bonds is 4. The molecule has 0 amide bonds. The molecule has 0 saturated carbocycles. The van der Waals surface area contributed by atoms with E-state index >= 15 is 0 Å². The minimum absolute atomic E-state index is 0.0602. The molecule has 0 saturated heterocycles. The molecule has 0 aliphatic rings. The molecular formula is C8H14N2O2. The number of aliphatic imine (C=N–C) groups is 2. The monoisotopic (exact) mass is 170 g/mol. The van der Waals surface area contributed by atoms with Crippen molar-refractivity contribution >= 4 is 25.0 Å². The van der Waals surface area contributed by atoms with Gasteiger partial charge in [-0.1, -0.05) is 0 Å². The quantitative estimate of drug-likeness (QED) is 0.578. The third-order valence-electron chi connectivity index (χ3n) is 0.669. The number of hydrogen-bond acceptors (Lipinski definition) is 4. The second-order valence-corrected chi connectivity index (χ2v) is 2.17. The van der Waals surface area contributed by atoms with Crippen molar-refractivity contribution < 1.29 is 9.59 Å². The molecule has 0 aliphatic heterocycles. The molecule has 0 spiro atoms. The Kier molecular flexibility index (Phi) is 10.7. The molecule has 12 heavy (non-hydrogen) atoms. The summed E-state index contributed by atoms with van der Waals surface area (Å²) in [5.41, 5.74) is 0. The highest BCUT2D eigenvalue weighted by atomic mass is 16.1. The first-order chi connectivity index (χ1) is 5.54. The van der Waals surface area contributed by atoms with Gasteiger partial charge < -0.3 is 0 Å². The molecule has 0 aromatic heterocycles. The molecule has 0 aromatic carbocycles. The van der Waals surface area contributed by atoms with Gasteiger partial charge in [0.15, 0.2) is 11.6 Å². The summed E-state index contributed by atoms with van der Waals surface area (Å²) in [7, 11) is 0. The zero-order valence-electron chi connectivity index (χ0n) is 7.54. The Bertz CT molecular complexity index is 156. The van der Waals surface area contributed by atoms with E-state index in [0.29, 0.717) is 0 Å². The highest BCUT2D eigenvalue weighted by Gasteiger charge is 1.81. The molecule has 68 valence electrons. The van der Waals surface area contributed by atoms with E-state index in [0.717, 1.165) is 0 Å². The number of ketones is 2. The fourth-order valence-corrected chi connectivity index (χ4v) is 0.315. The van der Waals surface area contributed by atoms with Gasteiger partial charge in [-0.2, -0.15) is 0 Å². The molecule has 0 N–H and O–H groups in total. The molecular weight excluding hydrogens is 156 g/mol. The van der Waals surface area contributed by atoms with Crippen molar-refractivity contribution in [3.05, 3.63) is 0 Å². The summed E-state index contributed by atoms with van der Waals surface area (Å²) < 4.78 is 0. The molecule has 4 heteroatoms. The average molecular weight is 170 g/mol. The van der Waals surface area contributed by atoms with Gasteiger partial charge in [0.2, 0.25) is 0 Å². The number of Topliss-reactive ketones (excluding diaryl/α,β-unsaturated/α-hetero) is 2. The van der Waals surface area contributed by atoms with Crippen LogP contribution in [0.2, 0.25) is 0 Å². The van der Waals surface area contributed by atoms with Crippen LogP contribution >= 0.6 is 0 Å². The van der Waals surface area contributed by atoms with E-state index < -0.39 is 0 Å². The smallest absolute Gasteiger partial charge is 0.151 e. The zero-order chi connectivity index (χ0) is 9.98. The van der Waals surface area contributed by atoms with Gasteiger partial charge in [-0.05, 0) is 27.3 Å². The minimum atomic E-state index is 0.0602. The van der Waals surface area contributed by atoms with Crippen molar-refractivity contribution in [2.75, 3.05) is 13.1 Å². The predicted octanol–water partition coefficient (Wildman–Crippen LogP) is 0.552. The van der Waals surface area contributed by atoms with E-state index in [-0.39, 0.29) is 24.7 Å². The SMILES string of the molecule is C=NCC(C)=O.C=NCC(C)=O. The van der Waals surface area contributed by atoms with Gasteiger partial charge in [-0.25, -0.2) is 0 Å². The highest BCUT2D eigenvalue weighted by Crippen LogP contribution is 1.65. The largest absolute Gasteiger partial charge is 0.298 e. The van der Waals surface area contributed by atoms with Crippen LogP contribution in [0.15, 0.2) is 9.98 Å². The van der Waals surface area contributed by atoms with Gasteiger partial charge in [-0.3, -0.25) is 19.6 Å². The summed E-state index contributed by atoms with van der Waals surface area (Å²) in [4.78, 5) is 26.5. The van der Waals surface area contributed by atoms with Crippen LogP contribution in [-0.4, -0.2) is 38.1 Å². The molecule has 0 heterocycles.